The highest BCUT2D eigenvalue weighted by Crippen LogP contribution is 2.29. The monoisotopic (exact) mass is 488 g/mol. The molecule has 33 heavy (non-hydrogen) atoms. The van der Waals surface area contributed by atoms with Gasteiger partial charge in [0.15, 0.2) is 11.5 Å². The van der Waals surface area contributed by atoms with E-state index in [9.17, 15) is 13.2 Å². The second kappa shape index (κ2) is 10.7. The highest BCUT2D eigenvalue weighted by Gasteiger charge is 2.27. The highest BCUT2D eigenvalue weighted by atomic mass is 35.5. The van der Waals surface area contributed by atoms with E-state index in [0.29, 0.717) is 16.5 Å². The summed E-state index contributed by atoms with van der Waals surface area (Å²) in [6.45, 7) is 1.83. The lowest BCUT2D eigenvalue weighted by Gasteiger charge is -2.20. The first-order valence-corrected chi connectivity index (χ1v) is 11.9. The van der Waals surface area contributed by atoms with Crippen LogP contribution in [0.4, 0.5) is 5.69 Å². The van der Waals surface area contributed by atoms with Crippen LogP contribution in [0, 0.1) is 6.92 Å². The molecule has 0 aliphatic rings. The molecule has 0 radical (unpaired) electrons. The number of anilines is 1. The molecule has 0 aliphatic carbocycles. The number of aryl methyl sites for hydroxylation is 1. The molecule has 9 heteroatoms. The van der Waals surface area contributed by atoms with Gasteiger partial charge in [0, 0.05) is 16.8 Å². The second-order valence-corrected chi connectivity index (χ2v) is 9.48. The van der Waals surface area contributed by atoms with Crippen LogP contribution in [0.25, 0.3) is 0 Å². The van der Waals surface area contributed by atoms with Crippen LogP contribution in [0.1, 0.15) is 11.1 Å². The predicted molar refractivity (Wildman–Crippen MR) is 129 cm³/mol. The molecular weight excluding hydrogens is 464 g/mol. The van der Waals surface area contributed by atoms with E-state index in [1.54, 1.807) is 18.2 Å². The molecule has 0 saturated heterocycles. The van der Waals surface area contributed by atoms with Crippen LogP contribution in [0.5, 0.6) is 11.5 Å². The van der Waals surface area contributed by atoms with Crippen LogP contribution in [0.15, 0.2) is 71.6 Å². The molecule has 0 unspecified atom stereocenters. The first kappa shape index (κ1) is 24.6. The van der Waals surface area contributed by atoms with Crippen LogP contribution in [-0.2, 0) is 21.2 Å². The molecule has 0 bridgehead atoms. The Morgan fingerprint density at radius 1 is 0.970 bits per heavy atom. The molecule has 3 aromatic carbocycles. The number of amides is 1. The summed E-state index contributed by atoms with van der Waals surface area (Å²) in [6.07, 6.45) is 0.152. The zero-order valence-corrected chi connectivity index (χ0v) is 20.0. The number of benzene rings is 3. The fraction of sp³-hybridized carbons (Fsp3) is 0.208. The maximum Gasteiger partial charge on any atom is 0.242 e. The summed E-state index contributed by atoms with van der Waals surface area (Å²) >= 11 is 6.06. The van der Waals surface area contributed by atoms with E-state index in [1.807, 2.05) is 37.3 Å². The molecule has 1 amide bonds. The SMILES string of the molecule is COc1ccc(S(=O)(=O)N[C@H](Cc2ccccc2)C(=O)Nc2cc(Cl)ccc2C)cc1OC. The van der Waals surface area contributed by atoms with Crippen LogP contribution in [0.2, 0.25) is 5.02 Å². The van der Waals surface area contributed by atoms with Gasteiger partial charge in [-0.05, 0) is 48.7 Å². The van der Waals surface area contributed by atoms with Gasteiger partial charge in [0.2, 0.25) is 15.9 Å². The molecule has 3 aromatic rings. The number of carbonyl (C=O) groups is 1. The number of methoxy groups -OCH3 is 2. The van der Waals surface area contributed by atoms with Gasteiger partial charge in [-0.25, -0.2) is 8.42 Å². The first-order chi connectivity index (χ1) is 15.7. The smallest absolute Gasteiger partial charge is 0.242 e. The van der Waals surface area contributed by atoms with Crippen molar-refractivity contribution in [3.05, 3.63) is 82.9 Å². The topological polar surface area (TPSA) is 93.7 Å². The average Bonchev–Trinajstić information content (AvgIpc) is 2.81. The van der Waals surface area contributed by atoms with Crippen molar-refractivity contribution in [3.8, 4) is 11.5 Å². The zero-order chi connectivity index (χ0) is 24.0. The van der Waals surface area contributed by atoms with Gasteiger partial charge >= 0.3 is 0 Å². The third-order valence-electron chi connectivity index (χ3n) is 5.02. The number of nitrogens with one attached hydrogen (secondary N) is 2. The molecule has 1 atom stereocenters. The van der Waals surface area contributed by atoms with Crippen molar-refractivity contribution in [2.24, 2.45) is 0 Å². The number of ether oxygens (including phenoxy) is 2. The number of hydrogen-bond acceptors (Lipinski definition) is 5. The van der Waals surface area contributed by atoms with Crippen LogP contribution < -0.4 is 19.5 Å². The van der Waals surface area contributed by atoms with Crippen molar-refractivity contribution in [2.75, 3.05) is 19.5 Å². The van der Waals surface area contributed by atoms with Gasteiger partial charge in [0.1, 0.15) is 6.04 Å². The average molecular weight is 489 g/mol. The summed E-state index contributed by atoms with van der Waals surface area (Å²) < 4.78 is 39.3. The fourth-order valence-corrected chi connectivity index (χ4v) is 4.61. The minimum Gasteiger partial charge on any atom is -0.493 e. The Morgan fingerprint density at radius 3 is 2.33 bits per heavy atom. The number of halogens is 1. The summed E-state index contributed by atoms with van der Waals surface area (Å²) in [7, 11) is -1.19. The predicted octanol–water partition coefficient (Wildman–Crippen LogP) is 4.19. The van der Waals surface area contributed by atoms with Crippen molar-refractivity contribution < 1.29 is 22.7 Å². The molecule has 0 spiro atoms. The van der Waals surface area contributed by atoms with E-state index in [0.717, 1.165) is 11.1 Å². The minimum atomic E-state index is -4.07. The van der Waals surface area contributed by atoms with Crippen LogP contribution >= 0.6 is 11.6 Å². The molecular formula is C24H25ClN2O5S. The summed E-state index contributed by atoms with van der Waals surface area (Å²) in [6, 6.07) is 17.4. The normalized spacial score (nSPS) is 12.1. The van der Waals surface area contributed by atoms with Crippen molar-refractivity contribution in [2.45, 2.75) is 24.3 Å². The van der Waals surface area contributed by atoms with E-state index in [4.69, 9.17) is 21.1 Å². The summed E-state index contributed by atoms with van der Waals surface area (Å²) in [5, 5.41) is 3.25. The minimum absolute atomic E-state index is 0.0510. The molecule has 0 heterocycles. The van der Waals surface area contributed by atoms with Gasteiger partial charge in [-0.15, -0.1) is 0 Å². The van der Waals surface area contributed by atoms with Crippen molar-refractivity contribution in [1.29, 1.82) is 0 Å². The quantitative estimate of drug-likeness (QED) is 0.471. The standard InChI is InChI=1S/C24H25ClN2O5S/c1-16-9-10-18(25)14-20(16)26-24(28)21(13-17-7-5-4-6-8-17)27-33(29,30)19-11-12-22(31-2)23(15-19)32-3/h4-12,14-15,21,27H,13H2,1-3H3,(H,26,28)/t21-/m1/s1. The Kier molecular flexibility index (Phi) is 7.97. The number of carbonyl (C=O) groups excluding carboxylic acids is 1. The van der Waals surface area contributed by atoms with E-state index < -0.39 is 22.0 Å². The number of sulfonamides is 1. The Morgan fingerprint density at radius 2 is 1.67 bits per heavy atom. The maximum absolute atomic E-state index is 13.2. The summed E-state index contributed by atoms with van der Waals surface area (Å²) in [5.74, 6) is 0.152. The lowest BCUT2D eigenvalue weighted by molar-refractivity contribution is -0.117. The third kappa shape index (κ3) is 6.25. The van der Waals surface area contributed by atoms with Crippen LogP contribution in [-0.4, -0.2) is 34.6 Å². The number of hydrogen-bond donors (Lipinski definition) is 2. The molecule has 0 saturated carbocycles. The second-order valence-electron chi connectivity index (χ2n) is 7.33. The Bertz CT molecular complexity index is 1230. The largest absolute Gasteiger partial charge is 0.493 e. The van der Waals surface area contributed by atoms with E-state index in [-0.39, 0.29) is 17.1 Å². The molecule has 3 rings (SSSR count). The van der Waals surface area contributed by atoms with Crippen molar-refractivity contribution in [3.63, 3.8) is 0 Å². The fourth-order valence-electron chi connectivity index (χ4n) is 3.23. The molecule has 0 aliphatic heterocycles. The van der Waals surface area contributed by atoms with Gasteiger partial charge in [-0.2, -0.15) is 4.72 Å². The molecule has 2 N–H and O–H groups in total. The Hall–Kier alpha value is -3.07. The maximum atomic E-state index is 13.2. The molecule has 0 aromatic heterocycles. The van der Waals surface area contributed by atoms with Gasteiger partial charge in [0.25, 0.3) is 0 Å². The lowest BCUT2D eigenvalue weighted by Crippen LogP contribution is -2.45. The Labute approximate surface area is 198 Å². The number of rotatable bonds is 9. The van der Waals surface area contributed by atoms with Crippen molar-refractivity contribution in [1.82, 2.24) is 4.72 Å². The van der Waals surface area contributed by atoms with E-state index >= 15 is 0 Å². The molecule has 174 valence electrons. The van der Waals surface area contributed by atoms with E-state index in [2.05, 4.69) is 10.0 Å². The van der Waals surface area contributed by atoms with Crippen LogP contribution in [0.3, 0.4) is 0 Å². The lowest BCUT2D eigenvalue weighted by atomic mass is 10.1. The zero-order valence-electron chi connectivity index (χ0n) is 18.5. The molecule has 7 nitrogen and oxygen atoms in total. The van der Waals surface area contributed by atoms with Gasteiger partial charge < -0.3 is 14.8 Å². The van der Waals surface area contributed by atoms with Crippen molar-refractivity contribution >= 4 is 33.2 Å². The third-order valence-corrected chi connectivity index (χ3v) is 6.72. The first-order valence-electron chi connectivity index (χ1n) is 10.1. The highest BCUT2D eigenvalue weighted by molar-refractivity contribution is 7.89. The van der Waals surface area contributed by atoms with E-state index in [1.165, 1.54) is 32.4 Å². The Balaban J connectivity index is 1.92. The summed E-state index contributed by atoms with van der Waals surface area (Å²) in [4.78, 5) is 13.1. The van der Waals surface area contributed by atoms with Gasteiger partial charge in [-0.1, -0.05) is 48.0 Å². The molecule has 0 fully saturated rings. The van der Waals surface area contributed by atoms with Gasteiger partial charge in [-0.3, -0.25) is 4.79 Å². The summed E-state index contributed by atoms with van der Waals surface area (Å²) in [5.41, 5.74) is 2.11. The van der Waals surface area contributed by atoms with Gasteiger partial charge in [0.05, 0.1) is 19.1 Å².